The number of benzene rings is 1. The molecule has 4 rings (SSSR count). The number of halogens is 1. The van der Waals surface area contributed by atoms with Crippen LogP contribution in [-0.4, -0.2) is 53.5 Å². The van der Waals surface area contributed by atoms with Gasteiger partial charge in [0.2, 0.25) is 0 Å². The number of nitrogens with one attached hydrogen (secondary N) is 1. The number of hydrogen-bond acceptors (Lipinski definition) is 6. The minimum absolute atomic E-state index is 0.115. The first-order valence-corrected chi connectivity index (χ1v) is 11.5. The van der Waals surface area contributed by atoms with Gasteiger partial charge in [0, 0.05) is 30.7 Å². The molecule has 3 heterocycles. The molecule has 0 atom stereocenters. The molecule has 1 saturated heterocycles. The Balaban J connectivity index is 1.62. The fourth-order valence-corrected chi connectivity index (χ4v) is 5.17. The lowest BCUT2D eigenvalue weighted by molar-refractivity contribution is 0.103. The summed E-state index contributed by atoms with van der Waals surface area (Å²) in [6, 6.07) is 7.62. The fourth-order valence-electron chi connectivity index (χ4n) is 3.75. The van der Waals surface area contributed by atoms with Crippen molar-refractivity contribution in [2.75, 3.05) is 42.9 Å². The van der Waals surface area contributed by atoms with Crippen LogP contribution in [0.5, 0.6) is 0 Å². The number of aromatic nitrogens is 2. The summed E-state index contributed by atoms with van der Waals surface area (Å²) in [5.74, 6) is 0.830. The van der Waals surface area contributed by atoms with Crippen molar-refractivity contribution < 1.29 is 4.79 Å². The predicted octanol–water partition coefficient (Wildman–Crippen LogP) is 4.55. The molecular weight excluding hydrogens is 450 g/mol. The lowest BCUT2D eigenvalue weighted by atomic mass is 10.1. The zero-order chi connectivity index (χ0) is 20.4. The van der Waals surface area contributed by atoms with Crippen molar-refractivity contribution in [1.29, 1.82) is 0 Å². The van der Waals surface area contributed by atoms with E-state index in [0.717, 1.165) is 64.5 Å². The second-order valence-electron chi connectivity index (χ2n) is 7.20. The molecule has 1 aliphatic rings. The number of fused-ring (bicyclic) bond motifs is 1. The third kappa shape index (κ3) is 4.15. The van der Waals surface area contributed by atoms with E-state index in [1.165, 1.54) is 17.8 Å². The number of rotatable bonds is 5. The minimum atomic E-state index is -0.115. The van der Waals surface area contributed by atoms with Gasteiger partial charge in [-0.2, -0.15) is 0 Å². The molecule has 152 valence electrons. The summed E-state index contributed by atoms with van der Waals surface area (Å²) in [7, 11) is 0. The van der Waals surface area contributed by atoms with Crippen LogP contribution in [0.3, 0.4) is 0 Å². The lowest BCUT2D eigenvalue weighted by Crippen LogP contribution is -2.46. The van der Waals surface area contributed by atoms with Gasteiger partial charge in [0.1, 0.15) is 17.0 Å². The summed E-state index contributed by atoms with van der Waals surface area (Å²) in [6.45, 7) is 9.32. The molecule has 3 aromatic rings. The molecule has 0 saturated carbocycles. The topological polar surface area (TPSA) is 61.4 Å². The Morgan fingerprint density at radius 3 is 2.69 bits per heavy atom. The normalized spacial score (nSPS) is 15.1. The van der Waals surface area contributed by atoms with E-state index in [9.17, 15) is 4.79 Å². The number of anilines is 2. The Kier molecular flexibility index (Phi) is 6.12. The maximum absolute atomic E-state index is 13.0. The first-order chi connectivity index (χ1) is 14.1. The number of piperazine rings is 1. The molecule has 6 nitrogen and oxygen atoms in total. The van der Waals surface area contributed by atoms with Crippen LogP contribution in [0.4, 0.5) is 11.5 Å². The molecule has 1 N–H and O–H groups in total. The van der Waals surface area contributed by atoms with E-state index in [4.69, 9.17) is 0 Å². The third-order valence-corrected chi connectivity index (χ3v) is 7.14. The standard InChI is InChI=1S/C21H24BrN5OS/c1-3-8-26-9-11-27(12-10-26)19-17-14(2)18(29-21(17)24-13-23-19)20(28)25-16-7-5-4-6-15(16)22/h4-7,13H,3,8-12H2,1-2H3,(H,25,28). The maximum atomic E-state index is 13.0. The van der Waals surface area contributed by atoms with Crippen LogP contribution < -0.4 is 10.2 Å². The molecule has 0 aliphatic carbocycles. The van der Waals surface area contributed by atoms with Gasteiger partial charge in [0.25, 0.3) is 5.91 Å². The first-order valence-electron chi connectivity index (χ1n) is 9.85. The monoisotopic (exact) mass is 473 g/mol. The smallest absolute Gasteiger partial charge is 0.266 e. The highest BCUT2D eigenvalue weighted by Crippen LogP contribution is 2.36. The number of nitrogens with zero attached hydrogens (tertiary/aromatic N) is 4. The summed E-state index contributed by atoms with van der Waals surface area (Å²) >= 11 is 4.91. The van der Waals surface area contributed by atoms with Gasteiger partial charge in [-0.1, -0.05) is 19.1 Å². The second kappa shape index (κ2) is 8.77. The zero-order valence-electron chi connectivity index (χ0n) is 16.6. The molecule has 29 heavy (non-hydrogen) atoms. The Labute approximate surface area is 183 Å². The summed E-state index contributed by atoms with van der Waals surface area (Å²) in [5, 5.41) is 4.00. The molecule has 0 unspecified atom stereocenters. The van der Waals surface area contributed by atoms with Gasteiger partial charge in [-0.25, -0.2) is 9.97 Å². The fraction of sp³-hybridized carbons (Fsp3) is 0.381. The van der Waals surface area contributed by atoms with Crippen LogP contribution in [0, 0.1) is 6.92 Å². The third-order valence-electron chi connectivity index (χ3n) is 5.25. The van der Waals surface area contributed by atoms with Crippen LogP contribution in [-0.2, 0) is 0 Å². The molecule has 0 bridgehead atoms. The van der Waals surface area contributed by atoms with Crippen molar-refractivity contribution in [3.63, 3.8) is 0 Å². The van der Waals surface area contributed by atoms with Gasteiger partial charge >= 0.3 is 0 Å². The highest BCUT2D eigenvalue weighted by atomic mass is 79.9. The van der Waals surface area contributed by atoms with Crippen molar-refractivity contribution in [2.24, 2.45) is 0 Å². The summed E-state index contributed by atoms with van der Waals surface area (Å²) in [5.41, 5.74) is 1.70. The Morgan fingerprint density at radius 2 is 1.97 bits per heavy atom. The molecule has 1 aromatic carbocycles. The molecular formula is C21H24BrN5OS. The van der Waals surface area contributed by atoms with E-state index in [-0.39, 0.29) is 5.91 Å². The van der Waals surface area contributed by atoms with Crippen LogP contribution in [0.25, 0.3) is 10.2 Å². The van der Waals surface area contributed by atoms with E-state index in [1.54, 1.807) is 6.33 Å². The average Bonchev–Trinajstić information content (AvgIpc) is 3.07. The van der Waals surface area contributed by atoms with Gasteiger partial charge < -0.3 is 10.2 Å². The highest BCUT2D eigenvalue weighted by Gasteiger charge is 2.24. The lowest BCUT2D eigenvalue weighted by Gasteiger charge is -2.35. The van der Waals surface area contributed by atoms with Gasteiger partial charge in [-0.05, 0) is 53.5 Å². The van der Waals surface area contributed by atoms with Crippen molar-refractivity contribution in [3.05, 3.63) is 45.5 Å². The number of para-hydroxylation sites is 1. The number of thiophene rings is 1. The Morgan fingerprint density at radius 1 is 1.21 bits per heavy atom. The van der Waals surface area contributed by atoms with Crippen LogP contribution in [0.1, 0.15) is 28.6 Å². The zero-order valence-corrected chi connectivity index (χ0v) is 19.0. The van der Waals surface area contributed by atoms with Crippen molar-refractivity contribution in [1.82, 2.24) is 14.9 Å². The summed E-state index contributed by atoms with van der Waals surface area (Å²) in [4.78, 5) is 28.4. The van der Waals surface area contributed by atoms with E-state index in [0.29, 0.717) is 4.88 Å². The quantitative estimate of drug-likeness (QED) is 0.588. The number of hydrogen-bond donors (Lipinski definition) is 1. The average molecular weight is 474 g/mol. The molecule has 1 fully saturated rings. The molecule has 1 amide bonds. The number of aryl methyl sites for hydroxylation is 1. The molecule has 0 radical (unpaired) electrons. The van der Waals surface area contributed by atoms with E-state index < -0.39 is 0 Å². The van der Waals surface area contributed by atoms with Gasteiger partial charge in [0.05, 0.1) is 16.0 Å². The largest absolute Gasteiger partial charge is 0.353 e. The molecule has 1 aliphatic heterocycles. The molecule has 2 aromatic heterocycles. The van der Waals surface area contributed by atoms with E-state index >= 15 is 0 Å². The van der Waals surface area contributed by atoms with Gasteiger partial charge in [-0.3, -0.25) is 9.69 Å². The van der Waals surface area contributed by atoms with E-state index in [2.05, 4.69) is 47.9 Å². The van der Waals surface area contributed by atoms with E-state index in [1.807, 2.05) is 31.2 Å². The number of carbonyl (C=O) groups excluding carboxylic acids is 1. The molecule has 0 spiro atoms. The maximum Gasteiger partial charge on any atom is 0.266 e. The summed E-state index contributed by atoms with van der Waals surface area (Å²) in [6.07, 6.45) is 2.79. The van der Waals surface area contributed by atoms with Crippen molar-refractivity contribution in [3.8, 4) is 0 Å². The SMILES string of the molecule is CCCN1CCN(c2ncnc3sc(C(=O)Nc4ccccc4Br)c(C)c23)CC1. The predicted molar refractivity (Wildman–Crippen MR) is 123 cm³/mol. The van der Waals surface area contributed by atoms with Crippen molar-refractivity contribution in [2.45, 2.75) is 20.3 Å². The summed E-state index contributed by atoms with van der Waals surface area (Å²) < 4.78 is 0.859. The van der Waals surface area contributed by atoms with Crippen LogP contribution in [0.2, 0.25) is 0 Å². The second-order valence-corrected chi connectivity index (χ2v) is 9.05. The molecule has 8 heteroatoms. The first kappa shape index (κ1) is 20.3. The van der Waals surface area contributed by atoms with Crippen molar-refractivity contribution >= 4 is 54.9 Å². The van der Waals surface area contributed by atoms with Gasteiger partial charge in [0.15, 0.2) is 0 Å². The minimum Gasteiger partial charge on any atom is -0.353 e. The Hall–Kier alpha value is -2.03. The van der Waals surface area contributed by atoms with Gasteiger partial charge in [-0.15, -0.1) is 11.3 Å². The number of carbonyl (C=O) groups is 1. The highest BCUT2D eigenvalue weighted by molar-refractivity contribution is 9.10. The Bertz CT molecular complexity index is 1030. The van der Waals surface area contributed by atoms with Crippen LogP contribution in [0.15, 0.2) is 35.1 Å². The van der Waals surface area contributed by atoms with Crippen LogP contribution >= 0.6 is 27.3 Å². The number of amides is 1.